The van der Waals surface area contributed by atoms with Gasteiger partial charge in [0.2, 0.25) is 11.8 Å². The van der Waals surface area contributed by atoms with Gasteiger partial charge in [-0.1, -0.05) is 13.2 Å². The van der Waals surface area contributed by atoms with Gasteiger partial charge in [0.1, 0.15) is 0 Å². The molecule has 80 valence electrons. The van der Waals surface area contributed by atoms with Crippen molar-refractivity contribution in [3.63, 3.8) is 0 Å². The molecule has 0 bridgehead atoms. The highest BCUT2D eigenvalue weighted by Crippen LogP contribution is 1.74. The van der Waals surface area contributed by atoms with E-state index in [0.717, 1.165) is 6.08 Å². The van der Waals surface area contributed by atoms with E-state index in [0.29, 0.717) is 0 Å². The summed E-state index contributed by atoms with van der Waals surface area (Å²) < 4.78 is 0. The molecule has 1 unspecified atom stereocenters. The molecular weight excluding hydrogens is 184 g/mol. The summed E-state index contributed by atoms with van der Waals surface area (Å²) in [5.41, 5.74) is 4.53. The Kier molecular flexibility index (Phi) is 10.1. The Morgan fingerprint density at radius 3 is 2.14 bits per heavy atom. The summed E-state index contributed by atoms with van der Waals surface area (Å²) in [5, 5.41) is 11.1. The summed E-state index contributed by atoms with van der Waals surface area (Å²) in [6, 6.07) is 0. The molecule has 0 aliphatic rings. The van der Waals surface area contributed by atoms with Crippen molar-refractivity contribution in [1.29, 1.82) is 0 Å². The number of hydrogen-bond donors (Lipinski definition) is 3. The lowest BCUT2D eigenvalue weighted by Crippen LogP contribution is -2.28. The van der Waals surface area contributed by atoms with Gasteiger partial charge in [-0.2, -0.15) is 0 Å². The van der Waals surface area contributed by atoms with Gasteiger partial charge in [0.05, 0.1) is 6.10 Å². The summed E-state index contributed by atoms with van der Waals surface area (Å²) >= 11 is 0. The highest BCUT2D eigenvalue weighted by Gasteiger charge is 1.95. The number of nitrogens with two attached hydrogens (primary N) is 1. The highest BCUT2D eigenvalue weighted by molar-refractivity contribution is 5.86. The molecule has 5 nitrogen and oxygen atoms in total. The van der Waals surface area contributed by atoms with Crippen molar-refractivity contribution in [2.75, 3.05) is 6.54 Å². The Bertz CT molecular complexity index is 212. The quantitative estimate of drug-likeness (QED) is 0.525. The average molecular weight is 200 g/mol. The number of primary amides is 1. The summed E-state index contributed by atoms with van der Waals surface area (Å²) in [4.78, 5) is 19.8. The van der Waals surface area contributed by atoms with Gasteiger partial charge in [-0.15, -0.1) is 0 Å². The van der Waals surface area contributed by atoms with Crippen LogP contribution in [0.2, 0.25) is 0 Å². The zero-order chi connectivity index (χ0) is 11.6. The van der Waals surface area contributed by atoms with Crippen molar-refractivity contribution in [3.8, 4) is 0 Å². The van der Waals surface area contributed by atoms with E-state index in [-0.39, 0.29) is 12.5 Å². The van der Waals surface area contributed by atoms with Crippen LogP contribution in [0.25, 0.3) is 0 Å². The van der Waals surface area contributed by atoms with Crippen LogP contribution >= 0.6 is 0 Å². The molecule has 14 heavy (non-hydrogen) atoms. The predicted molar refractivity (Wildman–Crippen MR) is 54.3 cm³/mol. The molecule has 0 fully saturated rings. The van der Waals surface area contributed by atoms with Crippen molar-refractivity contribution < 1.29 is 14.7 Å². The molecule has 0 heterocycles. The molecule has 0 saturated carbocycles. The smallest absolute Gasteiger partial charge is 0.243 e. The van der Waals surface area contributed by atoms with E-state index in [1.807, 2.05) is 0 Å². The minimum Gasteiger partial charge on any atom is -0.392 e. The van der Waals surface area contributed by atoms with Gasteiger partial charge in [-0.25, -0.2) is 0 Å². The zero-order valence-corrected chi connectivity index (χ0v) is 8.19. The topological polar surface area (TPSA) is 92.4 Å². The second-order valence-electron chi connectivity index (χ2n) is 2.40. The Hall–Kier alpha value is -1.62. The molecule has 2 amide bonds. The number of aliphatic hydroxyl groups excluding tert-OH is 1. The van der Waals surface area contributed by atoms with Crippen LogP contribution in [-0.4, -0.2) is 29.6 Å². The Morgan fingerprint density at radius 1 is 1.50 bits per heavy atom. The number of hydrogen-bond acceptors (Lipinski definition) is 3. The van der Waals surface area contributed by atoms with Crippen LogP contribution < -0.4 is 11.1 Å². The fourth-order valence-electron chi connectivity index (χ4n) is 0.320. The molecule has 0 aromatic rings. The zero-order valence-electron chi connectivity index (χ0n) is 8.19. The molecule has 4 N–H and O–H groups in total. The van der Waals surface area contributed by atoms with Crippen LogP contribution in [0.4, 0.5) is 0 Å². The van der Waals surface area contributed by atoms with Crippen molar-refractivity contribution in [2.45, 2.75) is 13.0 Å². The first-order valence-electron chi connectivity index (χ1n) is 3.94. The third-order valence-corrected chi connectivity index (χ3v) is 0.958. The number of carbonyl (C=O) groups excluding carboxylic acids is 2. The van der Waals surface area contributed by atoms with E-state index >= 15 is 0 Å². The van der Waals surface area contributed by atoms with E-state index in [1.165, 1.54) is 6.08 Å². The van der Waals surface area contributed by atoms with Crippen molar-refractivity contribution in [2.24, 2.45) is 5.73 Å². The lowest BCUT2D eigenvalue weighted by Gasteiger charge is -2.02. The monoisotopic (exact) mass is 200 g/mol. The van der Waals surface area contributed by atoms with Crippen LogP contribution in [0.15, 0.2) is 25.3 Å². The fourth-order valence-corrected chi connectivity index (χ4v) is 0.320. The second-order valence-corrected chi connectivity index (χ2v) is 2.40. The standard InChI is InChI=1S/C6H11NO2.C3H5NO/c1-3-6(9)7-4-5(2)8;1-2-3(4)5/h3,5,8H,1,4H2,2H3,(H,7,9);2H,1H2,(H2,4,5). The van der Waals surface area contributed by atoms with Crippen LogP contribution in [0.1, 0.15) is 6.92 Å². The second kappa shape index (κ2) is 9.47. The van der Waals surface area contributed by atoms with Gasteiger partial charge < -0.3 is 16.2 Å². The molecule has 0 radical (unpaired) electrons. The van der Waals surface area contributed by atoms with Crippen LogP contribution in [0.3, 0.4) is 0 Å². The largest absolute Gasteiger partial charge is 0.392 e. The Labute approximate surface area is 83.3 Å². The molecule has 0 aromatic carbocycles. The maximum absolute atomic E-state index is 10.4. The summed E-state index contributed by atoms with van der Waals surface area (Å²) in [7, 11) is 0. The first kappa shape index (κ1) is 14.9. The van der Waals surface area contributed by atoms with Gasteiger partial charge in [-0.05, 0) is 19.1 Å². The molecule has 0 saturated heterocycles. The lowest BCUT2D eigenvalue weighted by atomic mass is 10.4. The van der Waals surface area contributed by atoms with Crippen LogP contribution in [0, 0.1) is 0 Å². The average Bonchev–Trinajstić information content (AvgIpc) is 2.14. The molecule has 0 aliphatic heterocycles. The number of rotatable bonds is 4. The predicted octanol–water partition coefficient (Wildman–Crippen LogP) is -0.673. The SMILES string of the molecule is C=CC(=O)NCC(C)O.C=CC(N)=O. The number of nitrogens with one attached hydrogen (secondary N) is 1. The van der Waals surface area contributed by atoms with E-state index in [2.05, 4.69) is 24.2 Å². The van der Waals surface area contributed by atoms with Gasteiger partial charge in [-0.3, -0.25) is 9.59 Å². The number of carbonyl (C=O) groups is 2. The maximum Gasteiger partial charge on any atom is 0.243 e. The maximum atomic E-state index is 10.4. The summed E-state index contributed by atoms with van der Waals surface area (Å²) in [6.07, 6.45) is 1.73. The van der Waals surface area contributed by atoms with Crippen molar-refractivity contribution in [1.82, 2.24) is 5.32 Å². The molecule has 5 heteroatoms. The van der Waals surface area contributed by atoms with Gasteiger partial charge in [0, 0.05) is 6.54 Å². The van der Waals surface area contributed by atoms with Crippen molar-refractivity contribution in [3.05, 3.63) is 25.3 Å². The first-order chi connectivity index (χ1) is 6.43. The summed E-state index contributed by atoms with van der Waals surface area (Å²) in [6.45, 7) is 8.21. The minimum absolute atomic E-state index is 0.254. The van der Waals surface area contributed by atoms with Gasteiger partial charge in [0.15, 0.2) is 0 Å². The molecule has 0 aliphatic carbocycles. The van der Waals surface area contributed by atoms with E-state index in [9.17, 15) is 9.59 Å². The third-order valence-electron chi connectivity index (χ3n) is 0.958. The normalized spacial score (nSPS) is 10.1. The first-order valence-corrected chi connectivity index (χ1v) is 3.94. The molecule has 0 aromatic heterocycles. The molecular formula is C9H16N2O3. The van der Waals surface area contributed by atoms with E-state index < -0.39 is 12.0 Å². The van der Waals surface area contributed by atoms with Gasteiger partial charge >= 0.3 is 0 Å². The lowest BCUT2D eigenvalue weighted by molar-refractivity contribution is -0.117. The van der Waals surface area contributed by atoms with Crippen molar-refractivity contribution >= 4 is 11.8 Å². The molecule has 0 spiro atoms. The minimum atomic E-state index is -0.492. The van der Waals surface area contributed by atoms with Gasteiger partial charge in [0.25, 0.3) is 0 Å². The summed E-state index contributed by atoms with van der Waals surface area (Å²) in [5.74, 6) is -0.735. The molecule has 1 atom stereocenters. The highest BCUT2D eigenvalue weighted by atomic mass is 16.3. The Balaban J connectivity index is 0. The van der Waals surface area contributed by atoms with E-state index in [1.54, 1.807) is 6.92 Å². The fraction of sp³-hybridized carbons (Fsp3) is 0.333. The Morgan fingerprint density at radius 2 is 1.93 bits per heavy atom. The number of amides is 2. The molecule has 0 rings (SSSR count). The van der Waals surface area contributed by atoms with Crippen LogP contribution in [-0.2, 0) is 9.59 Å². The van der Waals surface area contributed by atoms with Crippen LogP contribution in [0.5, 0.6) is 0 Å². The number of aliphatic hydroxyl groups is 1. The third kappa shape index (κ3) is 16.8. The van der Waals surface area contributed by atoms with E-state index in [4.69, 9.17) is 5.11 Å².